The fourth-order valence-electron chi connectivity index (χ4n) is 3.77. The number of para-hydroxylation sites is 1. The van der Waals surface area contributed by atoms with Gasteiger partial charge in [-0.25, -0.2) is 17.8 Å². The minimum absolute atomic E-state index is 0.00363. The monoisotopic (exact) mass is 514 g/mol. The minimum atomic E-state index is -3.96. The number of methoxy groups -OCH3 is 2. The van der Waals surface area contributed by atoms with Crippen molar-refractivity contribution in [3.05, 3.63) is 94.9 Å². The largest absolute Gasteiger partial charge is 0.493 e. The Labute approximate surface area is 208 Å². The quantitative estimate of drug-likeness (QED) is 0.277. The summed E-state index contributed by atoms with van der Waals surface area (Å²) < 4.78 is 52.6. The molecule has 182 valence electrons. The topological polar surface area (TPSA) is 68.7 Å². The van der Waals surface area contributed by atoms with E-state index in [-0.39, 0.29) is 23.1 Å². The van der Waals surface area contributed by atoms with Gasteiger partial charge in [-0.15, -0.1) is 0 Å². The molecule has 0 N–H and O–H groups in total. The molecule has 0 fully saturated rings. The van der Waals surface area contributed by atoms with E-state index in [1.165, 1.54) is 16.4 Å². The standard InChI is InChI=1S/C26H24ClFN2O4S/c1-33-24-12-7-18(15-25(24)34-2)13-14-30(35(31,32)22-10-8-21(28)9-11-22)17-20-16-19-5-3-4-6-23(19)29-26(20)27/h3-12,15-16H,13-14,17H2,1-2H3. The number of fused-ring (bicyclic) bond motifs is 1. The van der Waals surface area contributed by atoms with Crippen LogP contribution in [0.3, 0.4) is 0 Å². The molecule has 35 heavy (non-hydrogen) atoms. The fourth-order valence-corrected chi connectivity index (χ4v) is 5.39. The summed E-state index contributed by atoms with van der Waals surface area (Å²) >= 11 is 6.44. The van der Waals surface area contributed by atoms with Crippen LogP contribution in [0.5, 0.6) is 11.5 Å². The average Bonchev–Trinajstić information content (AvgIpc) is 2.86. The Morgan fingerprint density at radius 2 is 1.66 bits per heavy atom. The van der Waals surface area contributed by atoms with Crippen LogP contribution in [0, 0.1) is 5.82 Å². The van der Waals surface area contributed by atoms with Gasteiger partial charge in [-0.05, 0) is 60.5 Å². The molecule has 0 saturated heterocycles. The number of sulfonamides is 1. The van der Waals surface area contributed by atoms with Gasteiger partial charge in [-0.2, -0.15) is 4.31 Å². The van der Waals surface area contributed by atoms with Gasteiger partial charge in [-0.3, -0.25) is 0 Å². The molecular weight excluding hydrogens is 491 g/mol. The summed E-state index contributed by atoms with van der Waals surface area (Å²) in [4.78, 5) is 4.42. The Balaban J connectivity index is 1.68. The molecule has 6 nitrogen and oxygen atoms in total. The van der Waals surface area contributed by atoms with Gasteiger partial charge in [-0.1, -0.05) is 35.9 Å². The van der Waals surface area contributed by atoms with Crippen LogP contribution in [0.2, 0.25) is 5.15 Å². The van der Waals surface area contributed by atoms with Crippen LogP contribution in [0.1, 0.15) is 11.1 Å². The van der Waals surface area contributed by atoms with E-state index in [0.717, 1.165) is 28.6 Å². The second-order valence-electron chi connectivity index (χ2n) is 7.86. The van der Waals surface area contributed by atoms with Crippen molar-refractivity contribution in [3.63, 3.8) is 0 Å². The first-order valence-corrected chi connectivity index (χ1v) is 12.6. The first kappa shape index (κ1) is 24.9. The second kappa shape index (κ2) is 10.6. The van der Waals surface area contributed by atoms with Crippen LogP contribution < -0.4 is 9.47 Å². The maximum absolute atomic E-state index is 13.6. The minimum Gasteiger partial charge on any atom is -0.493 e. The normalized spacial score (nSPS) is 11.7. The van der Waals surface area contributed by atoms with Crippen molar-refractivity contribution in [3.8, 4) is 11.5 Å². The lowest BCUT2D eigenvalue weighted by Gasteiger charge is -2.23. The van der Waals surface area contributed by atoms with Crippen LogP contribution in [0.25, 0.3) is 10.9 Å². The first-order chi connectivity index (χ1) is 16.8. The Kier molecular flexibility index (Phi) is 7.54. The van der Waals surface area contributed by atoms with E-state index in [1.807, 2.05) is 42.5 Å². The maximum Gasteiger partial charge on any atom is 0.243 e. The van der Waals surface area contributed by atoms with E-state index in [0.29, 0.717) is 23.5 Å². The lowest BCUT2D eigenvalue weighted by Crippen LogP contribution is -2.32. The number of halogens is 2. The number of nitrogens with zero attached hydrogens (tertiary/aromatic N) is 2. The molecule has 0 radical (unpaired) electrons. The summed E-state index contributed by atoms with van der Waals surface area (Å²) in [6.45, 7) is 0.155. The average molecular weight is 515 g/mol. The Bertz CT molecular complexity index is 1450. The number of pyridine rings is 1. The van der Waals surface area contributed by atoms with Gasteiger partial charge >= 0.3 is 0 Å². The van der Waals surface area contributed by atoms with Crippen molar-refractivity contribution in [2.24, 2.45) is 0 Å². The Morgan fingerprint density at radius 1 is 0.943 bits per heavy atom. The number of hydrogen-bond donors (Lipinski definition) is 0. The lowest BCUT2D eigenvalue weighted by atomic mass is 10.1. The van der Waals surface area contributed by atoms with Gasteiger partial charge in [0.15, 0.2) is 11.5 Å². The van der Waals surface area contributed by atoms with E-state index in [9.17, 15) is 12.8 Å². The Hall–Kier alpha value is -3.20. The van der Waals surface area contributed by atoms with E-state index >= 15 is 0 Å². The summed E-state index contributed by atoms with van der Waals surface area (Å²) in [5.74, 6) is 0.628. The predicted octanol–water partition coefficient (Wildman–Crippen LogP) is 5.48. The molecule has 4 aromatic rings. The molecule has 0 spiro atoms. The zero-order chi connectivity index (χ0) is 25.0. The first-order valence-electron chi connectivity index (χ1n) is 10.8. The summed E-state index contributed by atoms with van der Waals surface area (Å²) in [7, 11) is -0.866. The van der Waals surface area contributed by atoms with Crippen LogP contribution in [0.4, 0.5) is 4.39 Å². The van der Waals surface area contributed by atoms with Crippen LogP contribution >= 0.6 is 11.6 Å². The number of aromatic nitrogens is 1. The van der Waals surface area contributed by atoms with Crippen molar-refractivity contribution in [1.29, 1.82) is 0 Å². The highest BCUT2D eigenvalue weighted by Gasteiger charge is 2.26. The smallest absolute Gasteiger partial charge is 0.243 e. The molecule has 3 aromatic carbocycles. The molecule has 0 saturated carbocycles. The van der Waals surface area contributed by atoms with Crippen LogP contribution in [-0.2, 0) is 23.0 Å². The van der Waals surface area contributed by atoms with Gasteiger partial charge in [0, 0.05) is 24.0 Å². The zero-order valence-corrected chi connectivity index (χ0v) is 20.8. The summed E-state index contributed by atoms with van der Waals surface area (Å²) in [5, 5.41) is 1.08. The predicted molar refractivity (Wildman–Crippen MR) is 134 cm³/mol. The van der Waals surface area contributed by atoms with Crippen LogP contribution in [0.15, 0.2) is 77.7 Å². The molecule has 9 heteroatoms. The maximum atomic E-state index is 13.6. The van der Waals surface area contributed by atoms with E-state index in [2.05, 4.69) is 4.98 Å². The van der Waals surface area contributed by atoms with E-state index in [1.54, 1.807) is 20.3 Å². The summed E-state index contributed by atoms with van der Waals surface area (Å²) in [6, 6.07) is 19.5. The molecule has 4 rings (SSSR count). The molecule has 0 aliphatic rings. The Morgan fingerprint density at radius 3 is 2.37 bits per heavy atom. The molecule has 0 atom stereocenters. The van der Waals surface area contributed by atoms with Crippen molar-refractivity contribution in [2.45, 2.75) is 17.9 Å². The van der Waals surface area contributed by atoms with Gasteiger partial charge < -0.3 is 9.47 Å². The number of benzene rings is 3. The third kappa shape index (κ3) is 5.56. The molecular formula is C26H24ClFN2O4S. The lowest BCUT2D eigenvalue weighted by molar-refractivity contribution is 0.354. The third-order valence-corrected chi connectivity index (χ3v) is 7.83. The highest BCUT2D eigenvalue weighted by molar-refractivity contribution is 7.89. The van der Waals surface area contributed by atoms with Gasteiger partial charge in [0.25, 0.3) is 0 Å². The molecule has 0 amide bonds. The molecule has 1 heterocycles. The molecule has 0 aliphatic carbocycles. The highest BCUT2D eigenvalue weighted by atomic mass is 35.5. The van der Waals surface area contributed by atoms with Gasteiger partial charge in [0.05, 0.1) is 24.6 Å². The van der Waals surface area contributed by atoms with E-state index in [4.69, 9.17) is 21.1 Å². The zero-order valence-electron chi connectivity index (χ0n) is 19.2. The molecule has 0 unspecified atom stereocenters. The number of ether oxygens (including phenoxy) is 2. The molecule has 0 bridgehead atoms. The fraction of sp³-hybridized carbons (Fsp3) is 0.192. The SMILES string of the molecule is COc1ccc(CCN(Cc2cc3ccccc3nc2Cl)S(=O)(=O)c2ccc(F)cc2)cc1OC. The van der Waals surface area contributed by atoms with Crippen molar-refractivity contribution in [2.75, 3.05) is 20.8 Å². The van der Waals surface area contributed by atoms with Gasteiger partial charge in [0.1, 0.15) is 11.0 Å². The van der Waals surface area contributed by atoms with Crippen molar-refractivity contribution >= 4 is 32.5 Å². The number of rotatable bonds is 9. The summed E-state index contributed by atoms with van der Waals surface area (Å²) in [5.41, 5.74) is 2.16. The second-order valence-corrected chi connectivity index (χ2v) is 10.2. The van der Waals surface area contributed by atoms with Crippen molar-refractivity contribution in [1.82, 2.24) is 9.29 Å². The highest BCUT2D eigenvalue weighted by Crippen LogP contribution is 2.29. The van der Waals surface area contributed by atoms with Gasteiger partial charge in [0.2, 0.25) is 10.0 Å². The van der Waals surface area contributed by atoms with Crippen LogP contribution in [-0.4, -0.2) is 38.5 Å². The molecule has 0 aliphatic heterocycles. The molecule has 1 aromatic heterocycles. The summed E-state index contributed by atoms with van der Waals surface area (Å²) in [6.07, 6.45) is 0.402. The number of hydrogen-bond acceptors (Lipinski definition) is 5. The third-order valence-electron chi connectivity index (χ3n) is 5.65. The van der Waals surface area contributed by atoms with Crippen molar-refractivity contribution < 1.29 is 22.3 Å². The van der Waals surface area contributed by atoms with E-state index < -0.39 is 15.8 Å².